The van der Waals surface area contributed by atoms with Crippen LogP contribution in [0.2, 0.25) is 0 Å². The van der Waals surface area contributed by atoms with Crippen LogP contribution in [0.25, 0.3) is 5.65 Å². The molecule has 1 aliphatic heterocycles. The molecule has 0 atom stereocenters. The van der Waals surface area contributed by atoms with Gasteiger partial charge in [0.05, 0.1) is 11.4 Å². The molecule has 180 valence electrons. The third-order valence-corrected chi connectivity index (χ3v) is 5.32. The monoisotopic (exact) mass is 477 g/mol. The second-order valence-corrected chi connectivity index (χ2v) is 7.83. The molecule has 0 radical (unpaired) electrons. The highest BCUT2D eigenvalue weighted by Crippen LogP contribution is 2.34. The molecule has 0 aliphatic carbocycles. The summed E-state index contributed by atoms with van der Waals surface area (Å²) < 4.78 is 85.2. The van der Waals surface area contributed by atoms with Crippen LogP contribution in [0.15, 0.2) is 6.07 Å². The SMILES string of the molecule is Cc1c(C(F)(F)F)nc2c(OCC(F)(F)F)cc(CCc3nc(N4CCCC4)nn3C)nn12. The van der Waals surface area contributed by atoms with Crippen molar-refractivity contribution in [1.82, 2.24) is 29.4 Å². The van der Waals surface area contributed by atoms with E-state index in [0.29, 0.717) is 18.2 Å². The molecular weight excluding hydrogens is 456 g/mol. The van der Waals surface area contributed by atoms with Crippen molar-refractivity contribution in [2.24, 2.45) is 7.05 Å². The number of rotatable bonds is 6. The molecule has 3 aromatic heterocycles. The first kappa shape index (κ1) is 23.1. The summed E-state index contributed by atoms with van der Waals surface area (Å²) >= 11 is 0. The van der Waals surface area contributed by atoms with Crippen molar-refractivity contribution in [1.29, 1.82) is 0 Å². The highest BCUT2D eigenvalue weighted by molar-refractivity contribution is 5.56. The third-order valence-electron chi connectivity index (χ3n) is 5.32. The fraction of sp³-hybridized carbons (Fsp3) is 0.579. The van der Waals surface area contributed by atoms with E-state index in [0.717, 1.165) is 37.4 Å². The third kappa shape index (κ3) is 4.98. The van der Waals surface area contributed by atoms with E-state index in [9.17, 15) is 26.3 Å². The van der Waals surface area contributed by atoms with E-state index in [4.69, 9.17) is 4.74 Å². The number of ether oxygens (including phenoxy) is 1. The topological polar surface area (TPSA) is 73.4 Å². The van der Waals surface area contributed by atoms with Gasteiger partial charge in [0.1, 0.15) is 5.82 Å². The molecule has 0 saturated carbocycles. The van der Waals surface area contributed by atoms with Crippen molar-refractivity contribution in [3.63, 3.8) is 0 Å². The van der Waals surface area contributed by atoms with Crippen LogP contribution in [0, 0.1) is 6.92 Å². The molecule has 4 rings (SSSR count). The number of halogens is 6. The summed E-state index contributed by atoms with van der Waals surface area (Å²) in [7, 11) is 1.73. The first-order valence-corrected chi connectivity index (χ1v) is 10.2. The largest absolute Gasteiger partial charge is 0.480 e. The molecule has 0 spiro atoms. The van der Waals surface area contributed by atoms with Crippen LogP contribution in [0.5, 0.6) is 5.75 Å². The van der Waals surface area contributed by atoms with E-state index in [2.05, 4.69) is 25.1 Å². The van der Waals surface area contributed by atoms with Crippen molar-refractivity contribution in [2.75, 3.05) is 24.6 Å². The number of aryl methyl sites for hydroxylation is 4. The van der Waals surface area contributed by atoms with Gasteiger partial charge in [-0.3, -0.25) is 4.68 Å². The van der Waals surface area contributed by atoms with Crippen LogP contribution in [0.1, 0.15) is 35.7 Å². The molecule has 0 bridgehead atoms. The van der Waals surface area contributed by atoms with Gasteiger partial charge in [-0.05, 0) is 26.2 Å². The highest BCUT2D eigenvalue weighted by Gasteiger charge is 2.38. The van der Waals surface area contributed by atoms with Crippen LogP contribution < -0.4 is 9.64 Å². The van der Waals surface area contributed by atoms with Gasteiger partial charge < -0.3 is 9.64 Å². The zero-order chi connectivity index (χ0) is 24.0. The minimum absolute atomic E-state index is 0.198. The lowest BCUT2D eigenvalue weighted by molar-refractivity contribution is -0.153. The molecule has 8 nitrogen and oxygen atoms in total. The maximum absolute atomic E-state index is 13.3. The van der Waals surface area contributed by atoms with E-state index in [1.165, 1.54) is 6.07 Å². The van der Waals surface area contributed by atoms with E-state index in [1.54, 1.807) is 11.7 Å². The first-order valence-electron chi connectivity index (χ1n) is 10.2. The zero-order valence-electron chi connectivity index (χ0n) is 17.8. The average molecular weight is 477 g/mol. The van der Waals surface area contributed by atoms with E-state index in [-0.39, 0.29) is 17.8 Å². The Morgan fingerprint density at radius 2 is 1.70 bits per heavy atom. The number of hydrogen-bond acceptors (Lipinski definition) is 6. The maximum Gasteiger partial charge on any atom is 0.435 e. The Morgan fingerprint density at radius 3 is 2.33 bits per heavy atom. The van der Waals surface area contributed by atoms with E-state index < -0.39 is 36.1 Å². The second kappa shape index (κ2) is 8.37. The van der Waals surface area contributed by atoms with Gasteiger partial charge in [-0.15, -0.1) is 5.10 Å². The number of anilines is 1. The highest BCUT2D eigenvalue weighted by atomic mass is 19.4. The summed E-state index contributed by atoms with van der Waals surface area (Å²) in [4.78, 5) is 10.0. The standard InChI is InChI=1S/C19H21F6N7O/c1-11-15(19(23,24)25)27-16-13(33-10-18(20,21)22)9-12(28-32(11)16)5-6-14-26-17(29-30(14)2)31-7-3-4-8-31/h9H,3-8,10H2,1-2H3. The molecule has 0 N–H and O–H groups in total. The number of aromatic nitrogens is 6. The molecule has 3 aromatic rings. The van der Waals surface area contributed by atoms with Crippen LogP contribution in [-0.2, 0) is 26.1 Å². The van der Waals surface area contributed by atoms with Crippen molar-refractivity contribution >= 4 is 11.6 Å². The number of alkyl halides is 6. The minimum atomic E-state index is -4.79. The van der Waals surface area contributed by atoms with Crippen molar-refractivity contribution in [2.45, 2.75) is 45.0 Å². The molecule has 33 heavy (non-hydrogen) atoms. The van der Waals surface area contributed by atoms with Crippen LogP contribution in [0.3, 0.4) is 0 Å². The predicted octanol–water partition coefficient (Wildman–Crippen LogP) is 3.51. The van der Waals surface area contributed by atoms with Gasteiger partial charge in [0.15, 0.2) is 23.7 Å². The molecule has 0 unspecified atom stereocenters. The quantitative estimate of drug-likeness (QED) is 0.506. The molecule has 0 amide bonds. The summed E-state index contributed by atoms with van der Waals surface area (Å²) in [5, 5.41) is 8.56. The first-order chi connectivity index (χ1) is 15.4. The Hall–Kier alpha value is -3.06. The van der Waals surface area contributed by atoms with Crippen LogP contribution in [0.4, 0.5) is 32.3 Å². The second-order valence-electron chi connectivity index (χ2n) is 7.83. The Morgan fingerprint density at radius 1 is 1.00 bits per heavy atom. The molecule has 14 heteroatoms. The summed E-state index contributed by atoms with van der Waals surface area (Å²) in [5.74, 6) is 0.796. The average Bonchev–Trinajstić information content (AvgIpc) is 3.43. The lowest BCUT2D eigenvalue weighted by Crippen LogP contribution is -2.20. The summed E-state index contributed by atoms with van der Waals surface area (Å²) in [6.45, 7) is 1.21. The summed E-state index contributed by atoms with van der Waals surface area (Å²) in [6, 6.07) is 1.19. The molecule has 0 aromatic carbocycles. The summed E-state index contributed by atoms with van der Waals surface area (Å²) in [6.07, 6.45) is -6.81. The lowest BCUT2D eigenvalue weighted by atomic mass is 10.2. The van der Waals surface area contributed by atoms with E-state index >= 15 is 0 Å². The predicted molar refractivity (Wildman–Crippen MR) is 104 cm³/mol. The van der Waals surface area contributed by atoms with Gasteiger partial charge in [-0.25, -0.2) is 9.50 Å². The van der Waals surface area contributed by atoms with Crippen molar-refractivity contribution in [3.05, 3.63) is 29.0 Å². The Bertz CT molecular complexity index is 1140. The molecule has 1 fully saturated rings. The van der Waals surface area contributed by atoms with Gasteiger partial charge in [0.25, 0.3) is 0 Å². The fourth-order valence-corrected chi connectivity index (χ4v) is 3.72. The maximum atomic E-state index is 13.3. The number of fused-ring (bicyclic) bond motifs is 1. The molecule has 4 heterocycles. The normalized spacial score (nSPS) is 15.1. The van der Waals surface area contributed by atoms with Crippen LogP contribution >= 0.6 is 0 Å². The van der Waals surface area contributed by atoms with Crippen molar-refractivity contribution in [3.8, 4) is 5.75 Å². The van der Waals surface area contributed by atoms with Gasteiger partial charge in [-0.2, -0.15) is 36.4 Å². The zero-order valence-corrected chi connectivity index (χ0v) is 17.8. The van der Waals surface area contributed by atoms with Crippen molar-refractivity contribution < 1.29 is 31.1 Å². The number of hydrogen-bond donors (Lipinski definition) is 0. The van der Waals surface area contributed by atoms with Gasteiger partial charge in [0, 0.05) is 32.6 Å². The lowest BCUT2D eigenvalue weighted by Gasteiger charge is -2.11. The molecule has 1 aliphatic rings. The Balaban J connectivity index is 1.63. The van der Waals surface area contributed by atoms with E-state index in [1.807, 2.05) is 0 Å². The Labute approximate surface area is 184 Å². The minimum Gasteiger partial charge on any atom is -0.480 e. The van der Waals surface area contributed by atoms with Crippen LogP contribution in [-0.4, -0.2) is 55.2 Å². The fourth-order valence-electron chi connectivity index (χ4n) is 3.72. The van der Waals surface area contributed by atoms with Gasteiger partial charge in [0.2, 0.25) is 5.95 Å². The smallest absolute Gasteiger partial charge is 0.435 e. The number of imidazole rings is 1. The van der Waals surface area contributed by atoms with Gasteiger partial charge in [-0.1, -0.05) is 0 Å². The molecule has 1 saturated heterocycles. The van der Waals surface area contributed by atoms with Gasteiger partial charge >= 0.3 is 12.4 Å². The number of nitrogens with zero attached hydrogens (tertiary/aromatic N) is 7. The molecular formula is C19H21F6N7O. The summed E-state index contributed by atoms with van der Waals surface area (Å²) in [5.41, 5.74) is -1.76. The Kier molecular flexibility index (Phi) is 5.86.